The smallest absolute Gasteiger partial charge is 0.282 e. The van der Waals surface area contributed by atoms with Gasteiger partial charge >= 0.3 is 0 Å². The van der Waals surface area contributed by atoms with Crippen molar-refractivity contribution in [3.63, 3.8) is 0 Å². The van der Waals surface area contributed by atoms with Crippen LogP contribution in [0.1, 0.15) is 49.1 Å². The molecular formula is C27H19F2N2O6S2+. The Morgan fingerprint density at radius 3 is 1.87 bits per heavy atom. The third-order valence-electron chi connectivity index (χ3n) is 6.13. The highest BCUT2D eigenvalue weighted by molar-refractivity contribution is 7.90. The molecule has 4 aromatic rings. The molecule has 0 unspecified atom stereocenters. The van der Waals surface area contributed by atoms with Gasteiger partial charge in [-0.25, -0.2) is 35.6 Å². The number of rotatable bonds is 7. The Labute approximate surface area is 222 Å². The molecule has 1 N–H and O–H groups in total. The van der Waals surface area contributed by atoms with Crippen LogP contribution < -0.4 is 4.98 Å². The second-order valence-corrected chi connectivity index (χ2v) is 13.0. The molecule has 1 aliphatic rings. The van der Waals surface area contributed by atoms with Gasteiger partial charge in [-0.2, -0.15) is 0 Å². The van der Waals surface area contributed by atoms with E-state index in [2.05, 4.69) is 9.97 Å². The van der Waals surface area contributed by atoms with Crippen molar-refractivity contribution in [1.29, 1.82) is 0 Å². The van der Waals surface area contributed by atoms with E-state index in [1.807, 2.05) is 0 Å². The number of fused-ring (bicyclic) bond motifs is 2. The molecule has 0 saturated carbocycles. The van der Waals surface area contributed by atoms with Gasteiger partial charge < -0.3 is 0 Å². The number of H-pyrrole nitrogens is 1. The fourth-order valence-corrected chi connectivity index (χ4v) is 7.05. The topological polar surface area (TPSA) is 129 Å². The quantitative estimate of drug-likeness (QED) is 0.276. The number of nitrogens with zero attached hydrogens (tertiary/aromatic N) is 1. The first-order chi connectivity index (χ1) is 18.4. The molecule has 0 aliphatic heterocycles. The second-order valence-electron chi connectivity index (χ2n) is 8.96. The average molecular weight is 570 g/mol. The van der Waals surface area contributed by atoms with Crippen LogP contribution in [0.3, 0.4) is 0 Å². The van der Waals surface area contributed by atoms with E-state index < -0.39 is 60.1 Å². The van der Waals surface area contributed by atoms with Crippen LogP contribution in [0, 0.1) is 11.6 Å². The second kappa shape index (κ2) is 9.86. The van der Waals surface area contributed by atoms with Gasteiger partial charge in [0.25, 0.3) is 11.5 Å². The molecule has 1 aromatic heterocycles. The molecule has 0 spiro atoms. The average Bonchev–Trinajstić information content (AvgIpc) is 2.89. The molecule has 12 heteroatoms. The summed E-state index contributed by atoms with van der Waals surface area (Å²) in [5.41, 5.74) is -0.585. The zero-order valence-corrected chi connectivity index (χ0v) is 21.7. The maximum absolute atomic E-state index is 13.4. The van der Waals surface area contributed by atoms with Crippen LogP contribution in [-0.2, 0) is 36.9 Å². The monoisotopic (exact) mass is 569 g/mol. The lowest BCUT2D eigenvalue weighted by Gasteiger charge is -2.15. The van der Waals surface area contributed by atoms with E-state index in [0.29, 0.717) is 5.56 Å². The molecule has 0 radical (unpaired) electrons. The summed E-state index contributed by atoms with van der Waals surface area (Å²) in [7, 11) is -8.17. The van der Waals surface area contributed by atoms with E-state index in [0.717, 1.165) is 36.4 Å². The fourth-order valence-electron chi connectivity index (χ4n) is 4.26. The molecule has 8 nitrogen and oxygen atoms in total. The summed E-state index contributed by atoms with van der Waals surface area (Å²) < 4.78 is 79.2. The summed E-state index contributed by atoms with van der Waals surface area (Å²) in [6, 6.07) is 14.9. The Bertz CT molecular complexity index is 1860. The third kappa shape index (κ3) is 5.38. The highest BCUT2D eigenvalue weighted by Crippen LogP contribution is 2.26. The van der Waals surface area contributed by atoms with Crippen molar-refractivity contribution in [1.82, 2.24) is 4.98 Å². The first-order valence-corrected chi connectivity index (χ1v) is 15.0. The van der Waals surface area contributed by atoms with Gasteiger partial charge in [0.15, 0.2) is 25.4 Å². The first kappa shape index (κ1) is 26.4. The maximum atomic E-state index is 13.4. The molecule has 198 valence electrons. The van der Waals surface area contributed by atoms with Gasteiger partial charge in [-0.15, -0.1) is 0 Å². The number of aromatic amines is 1. The molecule has 0 bridgehead atoms. The summed E-state index contributed by atoms with van der Waals surface area (Å²) in [6.07, 6.45) is 0. The lowest BCUT2D eigenvalue weighted by molar-refractivity contribution is -0.393. The molecule has 0 saturated heterocycles. The summed E-state index contributed by atoms with van der Waals surface area (Å²) in [4.78, 5) is 33.0. The predicted molar refractivity (Wildman–Crippen MR) is 134 cm³/mol. The van der Waals surface area contributed by atoms with Gasteiger partial charge in [-0.05, 0) is 42.0 Å². The third-order valence-corrected chi connectivity index (χ3v) is 9.28. The zero-order chi connectivity index (χ0) is 27.9. The van der Waals surface area contributed by atoms with Crippen molar-refractivity contribution < 1.29 is 40.2 Å². The van der Waals surface area contributed by atoms with E-state index in [9.17, 15) is 35.2 Å². The molecule has 0 fully saturated rings. The SMILES string of the molecule is O=C1c2ccccc2C(=O)c2[nH+]c(CS(=O)(=O)c3ccc(F)cc3)c(CS(=O)(=O)Cc3ccc(F)cc3)nc21. The van der Waals surface area contributed by atoms with Gasteiger partial charge in [0.05, 0.1) is 16.4 Å². The van der Waals surface area contributed by atoms with Crippen molar-refractivity contribution in [2.75, 3.05) is 0 Å². The zero-order valence-electron chi connectivity index (χ0n) is 20.0. The van der Waals surface area contributed by atoms with Crippen molar-refractivity contribution in [2.24, 2.45) is 0 Å². The Morgan fingerprint density at radius 1 is 0.692 bits per heavy atom. The lowest BCUT2D eigenvalue weighted by atomic mass is 9.89. The normalized spacial score (nSPS) is 13.2. The van der Waals surface area contributed by atoms with Crippen molar-refractivity contribution in [3.05, 3.63) is 124 Å². The fraction of sp³-hybridized carbons (Fsp3) is 0.111. The van der Waals surface area contributed by atoms with Gasteiger partial charge in [0, 0.05) is 11.1 Å². The van der Waals surface area contributed by atoms with E-state index in [1.54, 1.807) is 12.1 Å². The lowest BCUT2D eigenvalue weighted by Crippen LogP contribution is -2.35. The van der Waals surface area contributed by atoms with E-state index in [1.165, 1.54) is 24.3 Å². The highest BCUT2D eigenvalue weighted by atomic mass is 32.2. The van der Waals surface area contributed by atoms with Gasteiger partial charge in [0.1, 0.15) is 23.1 Å². The molecule has 1 aliphatic carbocycles. The predicted octanol–water partition coefficient (Wildman–Crippen LogP) is 3.04. The van der Waals surface area contributed by atoms with Crippen molar-refractivity contribution >= 4 is 31.2 Å². The van der Waals surface area contributed by atoms with Crippen LogP contribution in [0.25, 0.3) is 0 Å². The molecular weight excluding hydrogens is 550 g/mol. The van der Waals surface area contributed by atoms with Gasteiger partial charge in [0.2, 0.25) is 11.5 Å². The summed E-state index contributed by atoms with van der Waals surface area (Å²) in [5.74, 6) is -4.50. The van der Waals surface area contributed by atoms with Crippen LogP contribution in [0.15, 0.2) is 77.7 Å². The molecule has 1 heterocycles. The summed E-state index contributed by atoms with van der Waals surface area (Å²) in [6.45, 7) is 0. The number of nitrogens with one attached hydrogen (secondary N) is 1. The van der Waals surface area contributed by atoms with Crippen LogP contribution in [0.5, 0.6) is 0 Å². The number of carbonyl (C=O) groups excluding carboxylic acids is 2. The van der Waals surface area contributed by atoms with Crippen LogP contribution >= 0.6 is 0 Å². The minimum Gasteiger partial charge on any atom is -0.287 e. The van der Waals surface area contributed by atoms with Crippen LogP contribution in [-0.4, -0.2) is 33.4 Å². The Balaban J connectivity index is 1.60. The van der Waals surface area contributed by atoms with E-state index in [4.69, 9.17) is 0 Å². The molecule has 0 atom stereocenters. The number of halogens is 2. The number of hydrogen-bond acceptors (Lipinski definition) is 7. The Morgan fingerprint density at radius 2 is 1.26 bits per heavy atom. The van der Waals surface area contributed by atoms with E-state index in [-0.39, 0.29) is 38.8 Å². The maximum Gasteiger partial charge on any atom is 0.282 e. The molecule has 3 aromatic carbocycles. The number of benzene rings is 3. The van der Waals surface area contributed by atoms with Crippen molar-refractivity contribution in [2.45, 2.75) is 22.2 Å². The molecule has 5 rings (SSSR count). The number of aromatic nitrogens is 2. The number of hydrogen-bond donors (Lipinski definition) is 0. The minimum absolute atomic E-state index is 0.0858. The summed E-state index contributed by atoms with van der Waals surface area (Å²) in [5, 5.41) is 0. The Hall–Kier alpha value is -4.16. The number of sulfone groups is 2. The molecule has 0 amide bonds. The number of ketones is 2. The standard InChI is InChI=1S/C27H18F2N2O6S2/c28-17-7-5-16(6-8-17)13-38(34,35)14-22-23(15-39(36,37)19-11-9-18(29)10-12-19)31-25-24(30-22)26(32)20-3-1-2-4-21(20)27(25)33/h1-12H,13-15H2/p+1. The highest BCUT2D eigenvalue weighted by Gasteiger charge is 2.39. The van der Waals surface area contributed by atoms with Crippen LogP contribution in [0.4, 0.5) is 8.78 Å². The minimum atomic E-state index is -4.16. The molecule has 39 heavy (non-hydrogen) atoms. The summed E-state index contributed by atoms with van der Waals surface area (Å²) >= 11 is 0. The van der Waals surface area contributed by atoms with Gasteiger partial charge in [-0.3, -0.25) is 9.59 Å². The van der Waals surface area contributed by atoms with Crippen molar-refractivity contribution in [3.8, 4) is 0 Å². The van der Waals surface area contributed by atoms with Gasteiger partial charge in [-0.1, -0.05) is 36.4 Å². The Kier molecular flexibility index (Phi) is 6.69. The van der Waals surface area contributed by atoms with E-state index >= 15 is 0 Å². The number of carbonyl (C=O) groups is 2. The largest absolute Gasteiger partial charge is 0.287 e. The van der Waals surface area contributed by atoms with Crippen LogP contribution in [0.2, 0.25) is 0 Å². The first-order valence-electron chi connectivity index (χ1n) is 11.5.